The van der Waals surface area contributed by atoms with Crippen molar-refractivity contribution in [2.75, 3.05) is 18.8 Å². The number of hydrogen-bond donors (Lipinski definition) is 1. The Morgan fingerprint density at radius 2 is 2.05 bits per heavy atom. The number of carboxylic acids is 1. The minimum Gasteiger partial charge on any atom is -0.481 e. The quantitative estimate of drug-likeness (QED) is 0.821. The largest absolute Gasteiger partial charge is 0.481 e. The van der Waals surface area contributed by atoms with Crippen LogP contribution >= 0.6 is 11.8 Å². The van der Waals surface area contributed by atoms with Gasteiger partial charge in [-0.05, 0) is 37.8 Å². The molecule has 1 saturated heterocycles. The van der Waals surface area contributed by atoms with Crippen LogP contribution in [0.5, 0.6) is 0 Å². The van der Waals surface area contributed by atoms with Crippen molar-refractivity contribution in [3.8, 4) is 0 Å². The van der Waals surface area contributed by atoms with Crippen molar-refractivity contribution in [3.05, 3.63) is 29.8 Å². The molecular formula is C16H21NO3S. The molecule has 1 unspecified atom stereocenters. The zero-order valence-corrected chi connectivity index (χ0v) is 13.1. The SMILES string of the molecule is Cc1ccc(SCC(=O)N2CCC(CCC(=O)O)C2)cc1. The fourth-order valence-electron chi connectivity index (χ4n) is 2.49. The van der Waals surface area contributed by atoms with Gasteiger partial charge in [-0.1, -0.05) is 17.7 Å². The number of carbonyl (C=O) groups excluding carboxylic acids is 1. The van der Waals surface area contributed by atoms with Gasteiger partial charge in [0.2, 0.25) is 5.91 Å². The van der Waals surface area contributed by atoms with E-state index in [4.69, 9.17) is 5.11 Å². The highest BCUT2D eigenvalue weighted by molar-refractivity contribution is 8.00. The first kappa shape index (κ1) is 15.9. The van der Waals surface area contributed by atoms with Gasteiger partial charge in [0.15, 0.2) is 0 Å². The standard InChI is InChI=1S/C16H21NO3S/c1-12-2-5-14(6-3-12)21-11-15(18)17-9-8-13(10-17)4-7-16(19)20/h2-3,5-6,13H,4,7-11H2,1H3,(H,19,20). The van der Waals surface area contributed by atoms with Gasteiger partial charge in [0.25, 0.3) is 0 Å². The molecule has 0 spiro atoms. The van der Waals surface area contributed by atoms with Gasteiger partial charge in [-0.2, -0.15) is 0 Å². The van der Waals surface area contributed by atoms with E-state index in [2.05, 4.69) is 0 Å². The average Bonchev–Trinajstić information content (AvgIpc) is 2.93. The summed E-state index contributed by atoms with van der Waals surface area (Å²) in [5, 5.41) is 8.69. The molecule has 0 aliphatic carbocycles. The number of aliphatic carboxylic acids is 1. The summed E-state index contributed by atoms with van der Waals surface area (Å²) in [4.78, 5) is 25.7. The smallest absolute Gasteiger partial charge is 0.303 e. The second-order valence-electron chi connectivity index (χ2n) is 5.53. The van der Waals surface area contributed by atoms with Crippen LogP contribution in [0, 0.1) is 12.8 Å². The number of nitrogens with zero attached hydrogens (tertiary/aromatic N) is 1. The second kappa shape index (κ2) is 7.50. The van der Waals surface area contributed by atoms with Crippen molar-refractivity contribution < 1.29 is 14.7 Å². The van der Waals surface area contributed by atoms with Crippen LogP contribution < -0.4 is 0 Å². The minimum atomic E-state index is -0.755. The Morgan fingerprint density at radius 3 is 2.71 bits per heavy atom. The van der Waals surface area contributed by atoms with Crippen LogP contribution in [0.15, 0.2) is 29.2 Å². The highest BCUT2D eigenvalue weighted by Gasteiger charge is 2.26. The Balaban J connectivity index is 1.74. The first-order chi connectivity index (χ1) is 10.0. The third-order valence-electron chi connectivity index (χ3n) is 3.79. The van der Waals surface area contributed by atoms with Crippen molar-refractivity contribution in [1.82, 2.24) is 4.90 Å². The molecule has 1 atom stereocenters. The van der Waals surface area contributed by atoms with Crippen LogP contribution in [0.1, 0.15) is 24.8 Å². The van der Waals surface area contributed by atoms with E-state index in [1.807, 2.05) is 36.1 Å². The number of amides is 1. The van der Waals surface area contributed by atoms with Crippen molar-refractivity contribution in [3.63, 3.8) is 0 Å². The summed E-state index contributed by atoms with van der Waals surface area (Å²) >= 11 is 1.56. The summed E-state index contributed by atoms with van der Waals surface area (Å²) < 4.78 is 0. The molecule has 0 radical (unpaired) electrons. The van der Waals surface area contributed by atoms with E-state index in [0.29, 0.717) is 24.6 Å². The van der Waals surface area contributed by atoms with E-state index in [-0.39, 0.29) is 12.3 Å². The molecule has 5 heteroatoms. The third-order valence-corrected chi connectivity index (χ3v) is 4.79. The second-order valence-corrected chi connectivity index (χ2v) is 6.58. The number of thioether (sulfide) groups is 1. The van der Waals surface area contributed by atoms with E-state index in [1.54, 1.807) is 11.8 Å². The molecule has 1 aliphatic heterocycles. The number of rotatable bonds is 6. The van der Waals surface area contributed by atoms with Gasteiger partial charge >= 0.3 is 5.97 Å². The average molecular weight is 307 g/mol. The Kier molecular flexibility index (Phi) is 5.67. The molecule has 1 fully saturated rings. The van der Waals surface area contributed by atoms with Crippen LogP contribution in [0.2, 0.25) is 0 Å². The predicted molar refractivity (Wildman–Crippen MR) is 83.5 cm³/mol. The van der Waals surface area contributed by atoms with Gasteiger partial charge in [0.1, 0.15) is 0 Å². The van der Waals surface area contributed by atoms with Crippen LogP contribution in [0.4, 0.5) is 0 Å². The lowest BCUT2D eigenvalue weighted by Gasteiger charge is -2.16. The highest BCUT2D eigenvalue weighted by Crippen LogP contribution is 2.23. The summed E-state index contributed by atoms with van der Waals surface area (Å²) in [6.07, 6.45) is 1.79. The molecule has 114 valence electrons. The van der Waals surface area contributed by atoms with E-state index in [9.17, 15) is 9.59 Å². The maximum atomic E-state index is 12.2. The summed E-state index contributed by atoms with van der Waals surface area (Å²) in [5.74, 6) is 0.192. The number of carbonyl (C=O) groups is 2. The van der Waals surface area contributed by atoms with E-state index in [1.165, 1.54) is 5.56 Å². The molecule has 1 aliphatic rings. The molecule has 1 amide bonds. The molecule has 0 bridgehead atoms. The zero-order chi connectivity index (χ0) is 15.2. The van der Waals surface area contributed by atoms with Crippen LogP contribution in [0.25, 0.3) is 0 Å². The van der Waals surface area contributed by atoms with Crippen LogP contribution in [-0.4, -0.2) is 40.7 Å². The molecule has 1 N–H and O–H groups in total. The first-order valence-electron chi connectivity index (χ1n) is 7.23. The topological polar surface area (TPSA) is 57.6 Å². The van der Waals surface area contributed by atoms with E-state index in [0.717, 1.165) is 17.9 Å². The Labute approximate surface area is 129 Å². The lowest BCUT2D eigenvalue weighted by Crippen LogP contribution is -2.30. The number of likely N-dealkylation sites (tertiary alicyclic amines) is 1. The van der Waals surface area contributed by atoms with Gasteiger partial charge in [0.05, 0.1) is 5.75 Å². The minimum absolute atomic E-state index is 0.151. The number of hydrogen-bond acceptors (Lipinski definition) is 3. The lowest BCUT2D eigenvalue weighted by molar-refractivity contribution is -0.137. The third kappa shape index (κ3) is 5.08. The summed E-state index contributed by atoms with van der Waals surface area (Å²) in [6, 6.07) is 8.16. The van der Waals surface area contributed by atoms with Crippen LogP contribution in [-0.2, 0) is 9.59 Å². The molecular weight excluding hydrogens is 286 g/mol. The first-order valence-corrected chi connectivity index (χ1v) is 8.22. The highest BCUT2D eigenvalue weighted by atomic mass is 32.2. The molecule has 0 aromatic heterocycles. The molecule has 21 heavy (non-hydrogen) atoms. The van der Waals surface area contributed by atoms with Gasteiger partial charge in [-0.15, -0.1) is 11.8 Å². The lowest BCUT2D eigenvalue weighted by atomic mass is 10.0. The predicted octanol–water partition coefficient (Wildman–Crippen LogP) is 2.80. The van der Waals surface area contributed by atoms with Gasteiger partial charge in [-0.25, -0.2) is 0 Å². The van der Waals surface area contributed by atoms with Gasteiger partial charge < -0.3 is 10.0 Å². The Morgan fingerprint density at radius 1 is 1.33 bits per heavy atom. The number of carboxylic acid groups (broad SMARTS) is 1. The van der Waals surface area contributed by atoms with Gasteiger partial charge in [-0.3, -0.25) is 9.59 Å². The Bertz CT molecular complexity index is 501. The monoisotopic (exact) mass is 307 g/mol. The Hall–Kier alpha value is -1.49. The van der Waals surface area contributed by atoms with Crippen molar-refractivity contribution in [1.29, 1.82) is 0 Å². The fraction of sp³-hybridized carbons (Fsp3) is 0.500. The van der Waals surface area contributed by atoms with E-state index < -0.39 is 5.97 Å². The van der Waals surface area contributed by atoms with Gasteiger partial charge in [0, 0.05) is 24.4 Å². The summed E-state index contributed by atoms with van der Waals surface area (Å²) in [7, 11) is 0. The molecule has 1 aromatic rings. The number of aryl methyl sites for hydroxylation is 1. The molecule has 1 heterocycles. The molecule has 0 saturated carbocycles. The molecule has 1 aromatic carbocycles. The van der Waals surface area contributed by atoms with Crippen molar-refractivity contribution >= 4 is 23.6 Å². The normalized spacial score (nSPS) is 18.0. The maximum Gasteiger partial charge on any atom is 0.303 e. The fourth-order valence-corrected chi connectivity index (χ4v) is 3.29. The van der Waals surface area contributed by atoms with Crippen molar-refractivity contribution in [2.24, 2.45) is 5.92 Å². The van der Waals surface area contributed by atoms with E-state index >= 15 is 0 Å². The molecule has 2 rings (SSSR count). The number of benzene rings is 1. The molecule has 4 nitrogen and oxygen atoms in total. The summed E-state index contributed by atoms with van der Waals surface area (Å²) in [6.45, 7) is 3.51. The maximum absolute atomic E-state index is 12.2. The van der Waals surface area contributed by atoms with Crippen LogP contribution in [0.3, 0.4) is 0 Å². The summed E-state index contributed by atoms with van der Waals surface area (Å²) in [5.41, 5.74) is 1.21. The van der Waals surface area contributed by atoms with Crippen molar-refractivity contribution in [2.45, 2.75) is 31.1 Å². The zero-order valence-electron chi connectivity index (χ0n) is 12.2.